The molecule has 0 aliphatic heterocycles. The Bertz CT molecular complexity index is 587. The summed E-state index contributed by atoms with van der Waals surface area (Å²) in [6.45, 7) is 2.36. The Morgan fingerprint density at radius 2 is 1.57 bits per heavy atom. The molecule has 2 aromatic rings. The summed E-state index contributed by atoms with van der Waals surface area (Å²) >= 11 is 0. The first-order valence-corrected chi connectivity index (χ1v) is 9.78. The number of rotatable bonds is 5. The lowest BCUT2D eigenvalue weighted by Crippen LogP contribution is -2.30. The normalized spacial score (nSPS) is 20.6. The maximum absolute atomic E-state index is 12.4. The third-order valence-electron chi connectivity index (χ3n) is 4.47. The molecule has 3 heteroatoms. The molecular formula is C20H23O2P. The van der Waals surface area contributed by atoms with Gasteiger partial charge in [-0.25, -0.2) is 0 Å². The van der Waals surface area contributed by atoms with E-state index in [-0.39, 0.29) is 11.9 Å². The minimum Gasteiger partial charge on any atom is -0.466 e. The van der Waals surface area contributed by atoms with E-state index in [0.29, 0.717) is 12.3 Å². The topological polar surface area (TPSA) is 26.3 Å². The average molecular weight is 326 g/mol. The van der Waals surface area contributed by atoms with Crippen molar-refractivity contribution < 1.29 is 9.53 Å². The van der Waals surface area contributed by atoms with E-state index in [2.05, 4.69) is 60.7 Å². The first-order valence-electron chi connectivity index (χ1n) is 8.37. The minimum absolute atomic E-state index is 0.00522. The molecule has 1 saturated carbocycles. The highest BCUT2D eigenvalue weighted by molar-refractivity contribution is 7.73. The van der Waals surface area contributed by atoms with Crippen LogP contribution >= 0.6 is 7.92 Å². The Balaban J connectivity index is 1.97. The van der Waals surface area contributed by atoms with Crippen molar-refractivity contribution in [1.82, 2.24) is 0 Å². The first kappa shape index (κ1) is 16.2. The van der Waals surface area contributed by atoms with Gasteiger partial charge in [0.2, 0.25) is 0 Å². The molecule has 23 heavy (non-hydrogen) atoms. The lowest BCUT2D eigenvalue weighted by molar-refractivity contribution is -0.147. The van der Waals surface area contributed by atoms with Gasteiger partial charge in [0.25, 0.3) is 0 Å². The van der Waals surface area contributed by atoms with Crippen LogP contribution < -0.4 is 10.6 Å². The van der Waals surface area contributed by atoms with Gasteiger partial charge in [-0.3, -0.25) is 4.79 Å². The van der Waals surface area contributed by atoms with Crippen LogP contribution in [0.4, 0.5) is 0 Å². The van der Waals surface area contributed by atoms with Crippen molar-refractivity contribution in [3.63, 3.8) is 0 Å². The molecule has 3 rings (SSSR count). The van der Waals surface area contributed by atoms with E-state index in [1.165, 1.54) is 10.6 Å². The van der Waals surface area contributed by atoms with Gasteiger partial charge in [-0.05, 0) is 38.3 Å². The SMILES string of the molecule is CCOC(=O)C1CCC[C@H]1P(c1ccccc1)c1ccccc1. The number of esters is 1. The predicted octanol–water partition coefficient (Wildman–Crippen LogP) is 3.85. The summed E-state index contributed by atoms with van der Waals surface area (Å²) in [5.41, 5.74) is 0.383. The second kappa shape index (κ2) is 7.75. The summed E-state index contributed by atoms with van der Waals surface area (Å²) in [5.74, 6) is 0.0378. The number of ether oxygens (including phenoxy) is 1. The van der Waals surface area contributed by atoms with Crippen LogP contribution in [0.3, 0.4) is 0 Å². The molecule has 1 unspecified atom stereocenters. The van der Waals surface area contributed by atoms with E-state index in [1.807, 2.05) is 6.92 Å². The van der Waals surface area contributed by atoms with Crippen molar-refractivity contribution in [1.29, 1.82) is 0 Å². The van der Waals surface area contributed by atoms with Crippen LogP contribution in [0, 0.1) is 5.92 Å². The van der Waals surface area contributed by atoms with Crippen molar-refractivity contribution in [3.8, 4) is 0 Å². The average Bonchev–Trinajstić information content (AvgIpc) is 3.07. The molecule has 0 heterocycles. The first-order chi connectivity index (χ1) is 11.3. The van der Waals surface area contributed by atoms with Crippen LogP contribution in [0.1, 0.15) is 26.2 Å². The van der Waals surface area contributed by atoms with Gasteiger partial charge in [0.05, 0.1) is 12.5 Å². The van der Waals surface area contributed by atoms with Gasteiger partial charge >= 0.3 is 5.97 Å². The maximum atomic E-state index is 12.4. The fourth-order valence-corrected chi connectivity index (χ4v) is 6.61. The molecule has 2 atom stereocenters. The molecule has 0 aromatic heterocycles. The Morgan fingerprint density at radius 1 is 1.00 bits per heavy atom. The third-order valence-corrected chi connectivity index (χ3v) is 7.46. The maximum Gasteiger partial charge on any atom is 0.309 e. The van der Waals surface area contributed by atoms with E-state index < -0.39 is 7.92 Å². The zero-order chi connectivity index (χ0) is 16.1. The smallest absolute Gasteiger partial charge is 0.309 e. The molecule has 0 spiro atoms. The van der Waals surface area contributed by atoms with E-state index in [4.69, 9.17) is 4.74 Å². The van der Waals surface area contributed by atoms with Crippen molar-refractivity contribution in [2.45, 2.75) is 31.8 Å². The van der Waals surface area contributed by atoms with Gasteiger partial charge in [-0.1, -0.05) is 67.1 Å². The molecule has 0 amide bonds. The monoisotopic (exact) mass is 326 g/mol. The Labute approximate surface area is 139 Å². The Morgan fingerprint density at radius 3 is 2.09 bits per heavy atom. The number of hydrogen-bond acceptors (Lipinski definition) is 2. The third kappa shape index (κ3) is 3.64. The number of carbonyl (C=O) groups is 1. The van der Waals surface area contributed by atoms with Crippen molar-refractivity contribution >= 4 is 24.5 Å². The highest BCUT2D eigenvalue weighted by Crippen LogP contribution is 2.50. The number of carbonyl (C=O) groups excluding carboxylic acids is 1. The Kier molecular flexibility index (Phi) is 5.46. The molecule has 2 aromatic carbocycles. The zero-order valence-electron chi connectivity index (χ0n) is 13.5. The van der Waals surface area contributed by atoms with E-state index >= 15 is 0 Å². The van der Waals surface area contributed by atoms with Gasteiger partial charge in [-0.2, -0.15) is 0 Å². The lowest BCUT2D eigenvalue weighted by Gasteiger charge is -2.29. The molecule has 120 valence electrons. The van der Waals surface area contributed by atoms with Crippen LogP contribution in [-0.2, 0) is 9.53 Å². The molecule has 1 fully saturated rings. The summed E-state index contributed by atoms with van der Waals surface area (Å²) in [7, 11) is -0.535. The number of hydrogen-bond donors (Lipinski definition) is 0. The Hall–Kier alpha value is -1.66. The van der Waals surface area contributed by atoms with Crippen LogP contribution in [0.5, 0.6) is 0 Å². The molecule has 0 bridgehead atoms. The molecule has 2 nitrogen and oxygen atoms in total. The second-order valence-corrected chi connectivity index (χ2v) is 8.33. The number of benzene rings is 2. The van der Waals surface area contributed by atoms with E-state index in [9.17, 15) is 4.79 Å². The van der Waals surface area contributed by atoms with Crippen LogP contribution in [0.15, 0.2) is 60.7 Å². The predicted molar refractivity (Wildman–Crippen MR) is 96.8 cm³/mol. The van der Waals surface area contributed by atoms with Gasteiger partial charge in [0.1, 0.15) is 0 Å². The van der Waals surface area contributed by atoms with E-state index in [1.54, 1.807) is 0 Å². The fraction of sp³-hybridized carbons (Fsp3) is 0.350. The zero-order valence-corrected chi connectivity index (χ0v) is 14.4. The van der Waals surface area contributed by atoms with Crippen molar-refractivity contribution in [3.05, 3.63) is 60.7 Å². The summed E-state index contributed by atoms with van der Waals surface area (Å²) in [6, 6.07) is 21.3. The minimum atomic E-state index is -0.535. The molecular weight excluding hydrogens is 303 g/mol. The fourth-order valence-electron chi connectivity index (χ4n) is 3.48. The van der Waals surface area contributed by atoms with E-state index in [0.717, 1.165) is 19.3 Å². The molecule has 1 aliphatic carbocycles. The van der Waals surface area contributed by atoms with Crippen LogP contribution in [0.25, 0.3) is 0 Å². The molecule has 0 saturated heterocycles. The standard InChI is InChI=1S/C20H23O2P/c1-2-22-20(21)18-14-9-15-19(18)23(16-10-5-3-6-11-16)17-12-7-4-8-13-17/h3-8,10-13,18-19H,2,9,14-15H2,1H3/t18?,19-/m1/s1. The van der Waals surface area contributed by atoms with Gasteiger partial charge in [0.15, 0.2) is 0 Å². The van der Waals surface area contributed by atoms with Gasteiger partial charge < -0.3 is 4.74 Å². The largest absolute Gasteiger partial charge is 0.466 e. The van der Waals surface area contributed by atoms with Crippen molar-refractivity contribution in [2.24, 2.45) is 5.92 Å². The molecule has 1 aliphatic rings. The molecule has 0 radical (unpaired) electrons. The quantitative estimate of drug-likeness (QED) is 0.616. The molecule has 0 N–H and O–H groups in total. The lowest BCUT2D eigenvalue weighted by atomic mass is 10.1. The van der Waals surface area contributed by atoms with Gasteiger partial charge in [0, 0.05) is 5.66 Å². The van der Waals surface area contributed by atoms with Gasteiger partial charge in [-0.15, -0.1) is 0 Å². The summed E-state index contributed by atoms with van der Waals surface area (Å²) < 4.78 is 5.35. The van der Waals surface area contributed by atoms with Crippen LogP contribution in [0.2, 0.25) is 0 Å². The summed E-state index contributed by atoms with van der Waals surface area (Å²) in [6.07, 6.45) is 3.19. The summed E-state index contributed by atoms with van der Waals surface area (Å²) in [5, 5.41) is 2.71. The summed E-state index contributed by atoms with van der Waals surface area (Å²) in [4.78, 5) is 12.4. The second-order valence-electron chi connectivity index (χ2n) is 5.90. The van der Waals surface area contributed by atoms with Crippen LogP contribution in [-0.4, -0.2) is 18.2 Å². The van der Waals surface area contributed by atoms with Crippen molar-refractivity contribution in [2.75, 3.05) is 6.61 Å². The highest BCUT2D eigenvalue weighted by atomic mass is 31.1. The highest BCUT2D eigenvalue weighted by Gasteiger charge is 2.39.